The molecule has 0 fully saturated rings. The van der Waals surface area contributed by atoms with Crippen molar-refractivity contribution in [2.24, 2.45) is 5.10 Å². The number of hydrazone groups is 1. The van der Waals surface area contributed by atoms with Crippen LogP contribution in [0.3, 0.4) is 0 Å². The molecule has 3 rings (SSSR count). The highest BCUT2D eigenvalue weighted by atomic mass is 32.1. The highest BCUT2D eigenvalue weighted by Crippen LogP contribution is 2.21. The number of hydrogen-bond acceptors (Lipinski definition) is 8. The lowest BCUT2D eigenvalue weighted by Crippen LogP contribution is -2.20. The smallest absolute Gasteiger partial charge is 0.361 e. The van der Waals surface area contributed by atoms with Crippen molar-refractivity contribution in [3.8, 4) is 0 Å². The summed E-state index contributed by atoms with van der Waals surface area (Å²) in [5, 5.41) is 9.76. The summed E-state index contributed by atoms with van der Waals surface area (Å²) in [7, 11) is 0. The van der Waals surface area contributed by atoms with Gasteiger partial charge in [0.25, 0.3) is 0 Å². The fourth-order valence-corrected chi connectivity index (χ4v) is 3.11. The van der Waals surface area contributed by atoms with Gasteiger partial charge >= 0.3 is 5.97 Å². The second-order valence-electron chi connectivity index (χ2n) is 5.96. The zero-order valence-corrected chi connectivity index (χ0v) is 16.8. The van der Waals surface area contributed by atoms with Crippen molar-refractivity contribution in [1.82, 2.24) is 4.98 Å². The first kappa shape index (κ1) is 20.2. The van der Waals surface area contributed by atoms with E-state index in [0.29, 0.717) is 22.1 Å². The van der Waals surface area contributed by atoms with E-state index in [-0.39, 0.29) is 18.1 Å². The number of carbonyl (C=O) groups is 2. The Labute approximate surface area is 172 Å². The molecule has 0 aliphatic heterocycles. The van der Waals surface area contributed by atoms with Crippen LogP contribution >= 0.6 is 11.3 Å². The van der Waals surface area contributed by atoms with Gasteiger partial charge in [-0.3, -0.25) is 10.2 Å². The number of para-hydroxylation sites is 1. The fourth-order valence-electron chi connectivity index (χ4n) is 2.39. The van der Waals surface area contributed by atoms with Crippen molar-refractivity contribution in [3.05, 3.63) is 71.2 Å². The van der Waals surface area contributed by atoms with Gasteiger partial charge in [0.05, 0.1) is 12.3 Å². The summed E-state index contributed by atoms with van der Waals surface area (Å²) in [6.45, 7) is 3.46. The van der Waals surface area contributed by atoms with Crippen LogP contribution in [0, 0.1) is 0 Å². The predicted octanol–water partition coefficient (Wildman–Crippen LogP) is 4.47. The Kier molecular flexibility index (Phi) is 6.70. The molecule has 2 aromatic carbocycles. The monoisotopic (exact) mass is 408 g/mol. The maximum Gasteiger partial charge on any atom is 0.361 e. The van der Waals surface area contributed by atoms with Gasteiger partial charge < -0.3 is 10.1 Å². The standard InChI is InChI=1S/C21H20N4O3S/c1-3-28-20(27)19(25-24-17-11-9-15(10-12-17)14(2)26)18-13-29-21(23-18)22-16-7-5-4-6-8-16/h4-13,24H,3H2,1-2H3,(H,22,23). The number of nitrogens with zero attached hydrogens (tertiary/aromatic N) is 2. The van der Waals surface area contributed by atoms with Crippen molar-refractivity contribution < 1.29 is 14.3 Å². The zero-order chi connectivity index (χ0) is 20.6. The van der Waals surface area contributed by atoms with Gasteiger partial charge in [-0.25, -0.2) is 9.78 Å². The minimum atomic E-state index is -0.572. The molecule has 0 bridgehead atoms. The quantitative estimate of drug-likeness (QED) is 0.247. The number of ether oxygens (including phenoxy) is 1. The number of nitrogens with one attached hydrogen (secondary N) is 2. The number of thiazole rings is 1. The van der Waals surface area contributed by atoms with Gasteiger partial charge in [0.15, 0.2) is 16.6 Å². The van der Waals surface area contributed by atoms with Crippen LogP contribution < -0.4 is 10.7 Å². The minimum Gasteiger partial charge on any atom is -0.461 e. The van der Waals surface area contributed by atoms with E-state index in [4.69, 9.17) is 4.74 Å². The number of carbonyl (C=O) groups excluding carboxylic acids is 2. The molecule has 0 amide bonds. The lowest BCUT2D eigenvalue weighted by Gasteiger charge is -2.06. The first-order valence-corrected chi connectivity index (χ1v) is 9.84. The summed E-state index contributed by atoms with van der Waals surface area (Å²) in [6.07, 6.45) is 0. The second kappa shape index (κ2) is 9.61. The zero-order valence-electron chi connectivity index (χ0n) is 16.0. The first-order valence-electron chi connectivity index (χ1n) is 8.96. The van der Waals surface area contributed by atoms with E-state index in [1.54, 1.807) is 36.6 Å². The van der Waals surface area contributed by atoms with Crippen LogP contribution in [0.15, 0.2) is 65.1 Å². The van der Waals surface area contributed by atoms with Gasteiger partial charge in [-0.05, 0) is 50.2 Å². The molecule has 0 atom stereocenters. The Morgan fingerprint density at radius 1 is 1.07 bits per heavy atom. The molecule has 0 unspecified atom stereocenters. The van der Waals surface area contributed by atoms with Crippen molar-refractivity contribution >= 4 is 45.3 Å². The highest BCUT2D eigenvalue weighted by Gasteiger charge is 2.19. The number of Topliss-reactive ketones (excluding diaryl/α,β-unsaturated/α-hetero) is 1. The van der Waals surface area contributed by atoms with Crippen LogP contribution in [0.5, 0.6) is 0 Å². The normalized spacial score (nSPS) is 11.0. The lowest BCUT2D eigenvalue weighted by molar-refractivity contribution is -0.134. The first-order chi connectivity index (χ1) is 14.1. The van der Waals surface area contributed by atoms with E-state index >= 15 is 0 Å². The molecule has 7 nitrogen and oxygen atoms in total. The van der Waals surface area contributed by atoms with E-state index < -0.39 is 5.97 Å². The fraction of sp³-hybridized carbons (Fsp3) is 0.143. The molecule has 0 aliphatic carbocycles. The number of hydrogen-bond donors (Lipinski definition) is 2. The molecule has 3 aromatic rings. The summed E-state index contributed by atoms with van der Waals surface area (Å²) in [5.41, 5.74) is 5.43. The maximum atomic E-state index is 12.4. The number of benzene rings is 2. The molecule has 0 aliphatic rings. The average molecular weight is 408 g/mol. The largest absolute Gasteiger partial charge is 0.461 e. The number of anilines is 3. The van der Waals surface area contributed by atoms with Crippen LogP contribution in [0.25, 0.3) is 0 Å². The van der Waals surface area contributed by atoms with E-state index in [0.717, 1.165) is 5.69 Å². The van der Waals surface area contributed by atoms with Gasteiger partial charge in [0, 0.05) is 16.6 Å². The molecular formula is C21H20N4O3S. The van der Waals surface area contributed by atoms with Gasteiger partial charge in [-0.15, -0.1) is 11.3 Å². The molecule has 0 saturated carbocycles. The molecule has 29 heavy (non-hydrogen) atoms. The molecule has 0 saturated heterocycles. The Morgan fingerprint density at radius 2 is 1.79 bits per heavy atom. The molecule has 2 N–H and O–H groups in total. The van der Waals surface area contributed by atoms with Crippen LogP contribution in [-0.2, 0) is 9.53 Å². The van der Waals surface area contributed by atoms with Crippen LogP contribution in [0.1, 0.15) is 29.9 Å². The summed E-state index contributed by atoms with van der Waals surface area (Å²) < 4.78 is 5.11. The van der Waals surface area contributed by atoms with Gasteiger partial charge in [-0.1, -0.05) is 18.2 Å². The molecule has 1 heterocycles. The summed E-state index contributed by atoms with van der Waals surface area (Å²) in [5.74, 6) is -0.593. The van der Waals surface area contributed by atoms with Crippen molar-refractivity contribution in [1.29, 1.82) is 0 Å². The third kappa shape index (κ3) is 5.49. The third-order valence-corrected chi connectivity index (χ3v) is 4.59. The third-order valence-electron chi connectivity index (χ3n) is 3.83. The Morgan fingerprint density at radius 3 is 2.45 bits per heavy atom. The van der Waals surface area contributed by atoms with E-state index in [9.17, 15) is 9.59 Å². The molecular weight excluding hydrogens is 388 g/mol. The summed E-state index contributed by atoms with van der Waals surface area (Å²) in [4.78, 5) is 28.2. The number of esters is 1. The molecule has 1 aromatic heterocycles. The van der Waals surface area contributed by atoms with Gasteiger partial charge in [0.2, 0.25) is 0 Å². The Hall–Kier alpha value is -3.52. The minimum absolute atomic E-state index is 0.0202. The van der Waals surface area contributed by atoms with Gasteiger partial charge in [0.1, 0.15) is 5.69 Å². The molecule has 8 heteroatoms. The lowest BCUT2D eigenvalue weighted by atomic mass is 10.1. The maximum absolute atomic E-state index is 12.4. The number of ketones is 1. The van der Waals surface area contributed by atoms with Crippen LogP contribution in [-0.4, -0.2) is 29.1 Å². The SMILES string of the molecule is CCOC(=O)C(=NNc1ccc(C(C)=O)cc1)c1csc(Nc2ccccc2)n1. The Bertz CT molecular complexity index is 1010. The van der Waals surface area contributed by atoms with Crippen molar-refractivity contribution in [3.63, 3.8) is 0 Å². The molecule has 0 radical (unpaired) electrons. The van der Waals surface area contributed by atoms with E-state index in [1.165, 1.54) is 18.3 Å². The molecule has 148 valence electrons. The van der Waals surface area contributed by atoms with Crippen molar-refractivity contribution in [2.45, 2.75) is 13.8 Å². The van der Waals surface area contributed by atoms with E-state index in [2.05, 4.69) is 20.8 Å². The van der Waals surface area contributed by atoms with E-state index in [1.807, 2.05) is 30.3 Å². The van der Waals surface area contributed by atoms with Crippen LogP contribution in [0.2, 0.25) is 0 Å². The highest BCUT2D eigenvalue weighted by molar-refractivity contribution is 7.14. The number of rotatable bonds is 8. The van der Waals surface area contributed by atoms with Crippen molar-refractivity contribution in [2.75, 3.05) is 17.3 Å². The van der Waals surface area contributed by atoms with Crippen LogP contribution in [0.4, 0.5) is 16.5 Å². The Balaban J connectivity index is 1.80. The predicted molar refractivity (Wildman–Crippen MR) is 115 cm³/mol. The second-order valence-corrected chi connectivity index (χ2v) is 6.81. The topological polar surface area (TPSA) is 92.7 Å². The average Bonchev–Trinajstić information content (AvgIpc) is 3.17. The summed E-state index contributed by atoms with van der Waals surface area (Å²) in [6, 6.07) is 16.4. The summed E-state index contributed by atoms with van der Waals surface area (Å²) >= 11 is 1.36. The van der Waals surface area contributed by atoms with Gasteiger partial charge in [-0.2, -0.15) is 5.10 Å². The molecule has 0 spiro atoms. The number of aromatic nitrogens is 1.